The van der Waals surface area contributed by atoms with Crippen molar-refractivity contribution in [2.45, 2.75) is 40.2 Å². The maximum atomic E-state index is 9.75. The van der Waals surface area contributed by atoms with Gasteiger partial charge in [0, 0.05) is 13.5 Å². The van der Waals surface area contributed by atoms with Crippen LogP contribution in [0.2, 0.25) is 0 Å². The Hall–Kier alpha value is -0.335. The molecule has 0 saturated heterocycles. The van der Waals surface area contributed by atoms with Crippen molar-refractivity contribution in [3.63, 3.8) is 0 Å². The molecule has 0 bridgehead atoms. The number of hydrogen-bond donors (Lipinski definition) is 0. The van der Waals surface area contributed by atoms with Gasteiger partial charge in [-0.15, -0.1) is 0 Å². The van der Waals surface area contributed by atoms with Gasteiger partial charge >= 0.3 is 7.25 Å². The van der Waals surface area contributed by atoms with E-state index in [-0.39, 0.29) is 12.5 Å². The van der Waals surface area contributed by atoms with Crippen molar-refractivity contribution >= 4 is 7.25 Å². The fourth-order valence-electron chi connectivity index (χ4n) is 0.973. The highest BCUT2D eigenvalue weighted by molar-refractivity contribution is 6.50. The zero-order valence-electron chi connectivity index (χ0n) is 11.9. The van der Waals surface area contributed by atoms with Crippen LogP contribution >= 0.6 is 0 Å². The molecule has 112 valence electrons. The Morgan fingerprint density at radius 2 is 1.44 bits per heavy atom. The van der Waals surface area contributed by atoms with Gasteiger partial charge < -0.3 is 31.2 Å². The highest BCUT2D eigenvalue weighted by Gasteiger charge is 2.24. The molecule has 0 amide bonds. The fourth-order valence-corrected chi connectivity index (χ4v) is 0.973. The van der Waals surface area contributed by atoms with Crippen LogP contribution < -0.4 is 0 Å². The summed E-state index contributed by atoms with van der Waals surface area (Å²) in [4.78, 5) is 0. The molecule has 3 nitrogen and oxygen atoms in total. The average molecular weight is 277 g/mol. The molecule has 0 radical (unpaired) electrons. The topological polar surface area (TPSA) is 18.5 Å². The molecule has 0 rings (SSSR count). The summed E-state index contributed by atoms with van der Waals surface area (Å²) in [6.07, 6.45) is 0.0653. The van der Waals surface area contributed by atoms with Crippen LogP contribution in [0.1, 0.15) is 27.7 Å². The van der Waals surface area contributed by atoms with Gasteiger partial charge in [-0.2, -0.15) is 0 Å². The third kappa shape index (κ3) is 13.7. The van der Waals surface area contributed by atoms with Crippen LogP contribution in [-0.2, 0) is 9.47 Å². The Morgan fingerprint density at radius 3 is 1.72 bits per heavy atom. The lowest BCUT2D eigenvalue weighted by atomic mass is 10.3. The first-order chi connectivity index (χ1) is 7.94. The summed E-state index contributed by atoms with van der Waals surface area (Å²) in [5.74, 6) is 0. The monoisotopic (exact) mass is 277 g/mol. The molecule has 0 aliphatic carbocycles. The third-order valence-electron chi connectivity index (χ3n) is 2.59. The highest BCUT2D eigenvalue weighted by Crippen LogP contribution is 2.10. The molecule has 0 N–H and O–H groups in total. The van der Waals surface area contributed by atoms with Crippen molar-refractivity contribution in [3.05, 3.63) is 0 Å². The van der Waals surface area contributed by atoms with Gasteiger partial charge in [0.25, 0.3) is 0 Å². The van der Waals surface area contributed by atoms with E-state index in [9.17, 15) is 17.3 Å². The van der Waals surface area contributed by atoms with Gasteiger partial charge in [-0.05, 0) is 20.8 Å². The van der Waals surface area contributed by atoms with E-state index in [0.717, 1.165) is 11.0 Å². The molecule has 0 spiro atoms. The second-order valence-electron chi connectivity index (χ2n) is 4.35. The van der Waals surface area contributed by atoms with Crippen LogP contribution in [0.4, 0.5) is 17.3 Å². The molecule has 0 aliphatic heterocycles. The van der Waals surface area contributed by atoms with Gasteiger partial charge in [0.1, 0.15) is 0 Å². The van der Waals surface area contributed by atoms with E-state index in [4.69, 9.17) is 9.47 Å². The Labute approximate surface area is 107 Å². The first kappa shape index (κ1) is 20.0. The summed E-state index contributed by atoms with van der Waals surface area (Å²) in [7, 11) is -1.69. The lowest BCUT2D eigenvalue weighted by molar-refractivity contribution is -0.935. The minimum Gasteiger partial charge on any atom is -0.418 e. The molecule has 0 aliphatic rings. The molecule has 0 saturated carbocycles. The van der Waals surface area contributed by atoms with Gasteiger partial charge in [0.2, 0.25) is 0 Å². The summed E-state index contributed by atoms with van der Waals surface area (Å²) in [6.45, 7) is 9.91. The van der Waals surface area contributed by atoms with E-state index >= 15 is 0 Å². The summed E-state index contributed by atoms with van der Waals surface area (Å²) in [5, 5.41) is 0. The van der Waals surface area contributed by atoms with Crippen LogP contribution in [0.25, 0.3) is 0 Å². The Morgan fingerprint density at radius 1 is 1.06 bits per heavy atom. The normalized spacial score (nSPS) is 15.7. The molecule has 0 aromatic rings. The number of ether oxygens (including phenoxy) is 2. The van der Waals surface area contributed by atoms with Crippen molar-refractivity contribution in [1.29, 1.82) is 0 Å². The molecule has 0 fully saturated rings. The predicted octanol–water partition coefficient (Wildman–Crippen LogP) is 3.13. The summed E-state index contributed by atoms with van der Waals surface area (Å²) in [5.41, 5.74) is 0. The maximum Gasteiger partial charge on any atom is 0.673 e. The number of hydrogen-bond acceptors (Lipinski definition) is 2. The smallest absolute Gasteiger partial charge is 0.418 e. The molecule has 0 aromatic carbocycles. The minimum atomic E-state index is -6.00. The molecule has 2 unspecified atom stereocenters. The van der Waals surface area contributed by atoms with E-state index in [1.807, 2.05) is 13.8 Å². The van der Waals surface area contributed by atoms with Gasteiger partial charge in [0.15, 0.2) is 12.5 Å². The number of rotatable bonds is 6. The number of nitrogens with zero attached hydrogens (tertiary/aromatic N) is 1. The molecular formula is C10H24BF4NO2. The lowest BCUT2D eigenvalue weighted by Gasteiger charge is -2.35. The number of quaternary nitrogens is 1. The van der Waals surface area contributed by atoms with E-state index in [1.54, 1.807) is 0 Å². The molecule has 0 aromatic heterocycles. The minimum absolute atomic E-state index is 0.107. The van der Waals surface area contributed by atoms with Crippen LogP contribution in [-0.4, -0.2) is 51.5 Å². The summed E-state index contributed by atoms with van der Waals surface area (Å²) < 4.78 is 50.9. The SMILES string of the molecule is CCOC(C)OC(C)[N+](C)(C)CC.F[B-](F)(F)F. The lowest BCUT2D eigenvalue weighted by Crippen LogP contribution is -2.49. The Bertz CT molecular complexity index is 209. The van der Waals surface area contributed by atoms with Crippen molar-refractivity contribution in [2.24, 2.45) is 0 Å². The van der Waals surface area contributed by atoms with E-state index < -0.39 is 7.25 Å². The molecule has 8 heteroatoms. The van der Waals surface area contributed by atoms with Gasteiger partial charge in [0.05, 0.1) is 20.6 Å². The van der Waals surface area contributed by atoms with Gasteiger partial charge in [-0.3, -0.25) is 0 Å². The van der Waals surface area contributed by atoms with Crippen molar-refractivity contribution in [2.75, 3.05) is 27.2 Å². The fraction of sp³-hybridized carbons (Fsp3) is 1.00. The molecule has 18 heavy (non-hydrogen) atoms. The zero-order chi connectivity index (χ0) is 15.0. The molecule has 0 heterocycles. The first-order valence-electron chi connectivity index (χ1n) is 5.91. The van der Waals surface area contributed by atoms with E-state index in [0.29, 0.717) is 6.61 Å². The summed E-state index contributed by atoms with van der Waals surface area (Å²) >= 11 is 0. The Balaban J connectivity index is 0. The Kier molecular flexibility index (Phi) is 9.68. The van der Waals surface area contributed by atoms with Crippen molar-refractivity contribution < 1.29 is 31.2 Å². The predicted molar refractivity (Wildman–Crippen MR) is 64.5 cm³/mol. The van der Waals surface area contributed by atoms with Crippen molar-refractivity contribution in [3.8, 4) is 0 Å². The zero-order valence-corrected chi connectivity index (χ0v) is 11.9. The van der Waals surface area contributed by atoms with Crippen LogP contribution in [0.3, 0.4) is 0 Å². The van der Waals surface area contributed by atoms with Crippen molar-refractivity contribution in [1.82, 2.24) is 0 Å². The maximum absolute atomic E-state index is 9.75. The molecule has 2 atom stereocenters. The van der Waals surface area contributed by atoms with Crippen LogP contribution in [0.15, 0.2) is 0 Å². The molecular weight excluding hydrogens is 253 g/mol. The first-order valence-corrected chi connectivity index (χ1v) is 5.91. The largest absolute Gasteiger partial charge is 0.673 e. The quantitative estimate of drug-likeness (QED) is 0.321. The highest BCUT2D eigenvalue weighted by atomic mass is 19.5. The standard InChI is InChI=1S/C10H24NO2.BF4/c1-7-11(5,6)9(3)13-10(4)12-8-2;2-1(3,4)5/h9-10H,7-8H2,1-6H3;/q+1;-1. The van der Waals surface area contributed by atoms with Gasteiger partial charge in [-0.1, -0.05) is 0 Å². The second kappa shape index (κ2) is 8.71. The summed E-state index contributed by atoms with van der Waals surface area (Å²) in [6, 6.07) is 0. The van der Waals surface area contributed by atoms with Crippen LogP contribution in [0.5, 0.6) is 0 Å². The second-order valence-corrected chi connectivity index (χ2v) is 4.35. The van der Waals surface area contributed by atoms with E-state index in [1.165, 1.54) is 0 Å². The average Bonchev–Trinajstić information content (AvgIpc) is 2.15. The third-order valence-corrected chi connectivity index (χ3v) is 2.59. The van der Waals surface area contributed by atoms with Crippen LogP contribution in [0, 0.1) is 0 Å². The number of halogens is 4. The van der Waals surface area contributed by atoms with E-state index in [2.05, 4.69) is 27.9 Å². The van der Waals surface area contributed by atoms with Gasteiger partial charge in [-0.25, -0.2) is 0 Å².